The highest BCUT2D eigenvalue weighted by atomic mass is 35.5. The van der Waals surface area contributed by atoms with E-state index in [9.17, 15) is 0 Å². The molecule has 0 aliphatic carbocycles. The molecule has 0 saturated carbocycles. The second kappa shape index (κ2) is 1.36. The summed E-state index contributed by atoms with van der Waals surface area (Å²) in [6.45, 7) is 6.38. The Morgan fingerprint density at radius 1 is 1.20 bits per heavy atom. The minimum Gasteiger partial charge on any atom is -0.102 e. The van der Waals surface area contributed by atoms with Gasteiger partial charge in [0.1, 0.15) is 4.33 Å². The van der Waals surface area contributed by atoms with Crippen molar-refractivity contribution < 1.29 is 0 Å². The largest absolute Gasteiger partial charge is 0.118 e. The first-order valence-electron chi connectivity index (χ1n) is 1.09. The van der Waals surface area contributed by atoms with Crippen LogP contribution < -0.4 is 0 Å². The van der Waals surface area contributed by atoms with E-state index in [-0.39, 0.29) is 0 Å². The van der Waals surface area contributed by atoms with Crippen molar-refractivity contribution in [3.63, 3.8) is 0 Å². The summed E-state index contributed by atoms with van der Waals surface area (Å²) in [6.07, 6.45) is 0. The van der Waals surface area contributed by atoms with Gasteiger partial charge in [-0.1, -0.05) is 0 Å². The zero-order chi connectivity index (χ0) is 4.50. The predicted molar refractivity (Wildman–Crippen MR) is 25.2 cm³/mol. The van der Waals surface area contributed by atoms with Crippen LogP contribution in [0.25, 0.3) is 0 Å². The maximum atomic E-state index is 5.07. The van der Waals surface area contributed by atoms with Crippen LogP contribution in [0.4, 0.5) is 0 Å². The zero-order valence-electron chi connectivity index (χ0n) is 2.67. The van der Waals surface area contributed by atoms with Crippen LogP contribution in [0.2, 0.25) is 0 Å². The Morgan fingerprint density at radius 2 is 1.20 bits per heavy atom. The number of halogens is 2. The van der Waals surface area contributed by atoms with Crippen LogP contribution >= 0.6 is 23.2 Å². The van der Waals surface area contributed by atoms with Crippen LogP contribution in [0.5, 0.6) is 0 Å². The summed E-state index contributed by atoms with van der Waals surface area (Å²) in [6, 6.07) is 0. The molecule has 0 fully saturated rings. The summed E-state index contributed by atoms with van der Waals surface area (Å²) in [7, 11) is 0. The minimum absolute atomic E-state index is 1.06. The van der Waals surface area contributed by atoms with Crippen LogP contribution in [0.3, 0.4) is 0 Å². The Labute approximate surface area is 42.1 Å². The zero-order valence-corrected chi connectivity index (χ0v) is 4.18. The predicted octanol–water partition coefficient (Wildman–Crippen LogP) is 1.83. The molecule has 0 nitrogen and oxygen atoms in total. The lowest BCUT2D eigenvalue weighted by Crippen LogP contribution is -1.95. The van der Waals surface area contributed by atoms with Crippen molar-refractivity contribution in [1.29, 1.82) is 0 Å². The minimum atomic E-state index is -1.06. The van der Waals surface area contributed by atoms with E-state index >= 15 is 0 Å². The molecule has 0 heterocycles. The average molecular weight is 111 g/mol. The Balaban J connectivity index is 3.02. The highest BCUT2D eigenvalue weighted by molar-refractivity contribution is 6.49. The van der Waals surface area contributed by atoms with E-state index in [4.69, 9.17) is 23.2 Å². The van der Waals surface area contributed by atoms with Gasteiger partial charge in [-0.05, 0) is 13.8 Å². The van der Waals surface area contributed by atoms with Crippen LogP contribution in [0.15, 0.2) is 0 Å². The van der Waals surface area contributed by atoms with E-state index < -0.39 is 4.33 Å². The third-order valence-corrected chi connectivity index (χ3v) is 0. The molecule has 2 radical (unpaired) electrons. The van der Waals surface area contributed by atoms with E-state index in [1.165, 1.54) is 0 Å². The van der Waals surface area contributed by atoms with Crippen LogP contribution in [-0.4, -0.2) is 4.33 Å². The van der Waals surface area contributed by atoms with Gasteiger partial charge in [0.15, 0.2) is 0 Å². The Hall–Kier alpha value is 0.580. The number of alkyl halides is 2. The topological polar surface area (TPSA) is 0 Å². The molecule has 0 aromatic rings. The molecule has 0 saturated heterocycles. The van der Waals surface area contributed by atoms with Crippen molar-refractivity contribution in [3.05, 3.63) is 13.8 Å². The SMILES string of the molecule is [CH2]C([CH2])(Cl)Cl. The van der Waals surface area contributed by atoms with Crippen LogP contribution in [-0.2, 0) is 0 Å². The fourth-order valence-corrected chi connectivity index (χ4v) is 0. The Morgan fingerprint density at radius 3 is 1.20 bits per heavy atom. The van der Waals surface area contributed by atoms with Gasteiger partial charge in [0.2, 0.25) is 0 Å². The fraction of sp³-hybridized carbons (Fsp3) is 0.333. The molecule has 0 N–H and O–H groups in total. The summed E-state index contributed by atoms with van der Waals surface area (Å²) < 4.78 is -1.06. The molecular weight excluding hydrogens is 107 g/mol. The van der Waals surface area contributed by atoms with Crippen molar-refractivity contribution in [1.82, 2.24) is 0 Å². The molecule has 0 aliphatic rings. The van der Waals surface area contributed by atoms with E-state index in [0.29, 0.717) is 0 Å². The van der Waals surface area contributed by atoms with E-state index in [2.05, 4.69) is 13.8 Å². The monoisotopic (exact) mass is 110 g/mol. The maximum Gasteiger partial charge on any atom is 0.118 e. The molecule has 2 heteroatoms. The maximum absolute atomic E-state index is 5.07. The highest BCUT2D eigenvalue weighted by Crippen LogP contribution is 2.14. The summed E-state index contributed by atoms with van der Waals surface area (Å²) in [4.78, 5) is 0. The molecule has 0 amide bonds. The van der Waals surface area contributed by atoms with Gasteiger partial charge in [-0.3, -0.25) is 0 Å². The lowest BCUT2D eigenvalue weighted by molar-refractivity contribution is 1.28. The first kappa shape index (κ1) is 5.58. The van der Waals surface area contributed by atoms with Crippen molar-refractivity contribution in [3.8, 4) is 0 Å². The standard InChI is InChI=1S/C3H4Cl2/c1-3(2,4)5/h1-2H2. The molecule has 0 bridgehead atoms. The molecule has 0 aromatic carbocycles. The lowest BCUT2D eigenvalue weighted by atomic mass is 10.6. The van der Waals surface area contributed by atoms with Crippen molar-refractivity contribution in [2.75, 3.05) is 0 Å². The summed E-state index contributed by atoms with van der Waals surface area (Å²) in [5.74, 6) is 0. The van der Waals surface area contributed by atoms with Gasteiger partial charge in [-0.2, -0.15) is 0 Å². The first-order valence-corrected chi connectivity index (χ1v) is 1.84. The molecular formula is C3H4Cl2. The molecule has 0 atom stereocenters. The van der Waals surface area contributed by atoms with Gasteiger partial charge in [-0.15, -0.1) is 23.2 Å². The Bertz CT molecular complexity index is 20.4. The molecule has 0 spiro atoms. The third-order valence-electron chi connectivity index (χ3n) is 0. The smallest absolute Gasteiger partial charge is 0.102 e. The van der Waals surface area contributed by atoms with Gasteiger partial charge in [0.25, 0.3) is 0 Å². The fourth-order valence-electron chi connectivity index (χ4n) is 0. The van der Waals surface area contributed by atoms with Gasteiger partial charge >= 0.3 is 0 Å². The van der Waals surface area contributed by atoms with E-state index in [1.807, 2.05) is 0 Å². The van der Waals surface area contributed by atoms with Gasteiger partial charge in [-0.25, -0.2) is 0 Å². The second-order valence-corrected chi connectivity index (χ2v) is 2.50. The van der Waals surface area contributed by atoms with Gasteiger partial charge < -0.3 is 0 Å². The molecule has 0 unspecified atom stereocenters. The summed E-state index contributed by atoms with van der Waals surface area (Å²) >= 11 is 10.1. The molecule has 0 rings (SSSR count). The van der Waals surface area contributed by atoms with Crippen molar-refractivity contribution in [2.45, 2.75) is 4.33 Å². The highest BCUT2D eigenvalue weighted by Gasteiger charge is 2.03. The molecule has 0 aliphatic heterocycles. The second-order valence-electron chi connectivity index (χ2n) is 0.856. The van der Waals surface area contributed by atoms with Crippen LogP contribution in [0, 0.1) is 13.8 Å². The summed E-state index contributed by atoms with van der Waals surface area (Å²) in [5, 5.41) is 0. The van der Waals surface area contributed by atoms with E-state index in [1.54, 1.807) is 0 Å². The van der Waals surface area contributed by atoms with E-state index in [0.717, 1.165) is 0 Å². The average Bonchev–Trinajstić information content (AvgIpc) is 0.722. The van der Waals surface area contributed by atoms with Crippen molar-refractivity contribution >= 4 is 23.2 Å². The molecule has 5 heavy (non-hydrogen) atoms. The number of rotatable bonds is 0. The Kier molecular flexibility index (Phi) is 1.51. The number of hydrogen-bond donors (Lipinski definition) is 0. The van der Waals surface area contributed by atoms with Crippen molar-refractivity contribution in [2.24, 2.45) is 0 Å². The van der Waals surface area contributed by atoms with Crippen LogP contribution in [0.1, 0.15) is 0 Å². The quantitative estimate of drug-likeness (QED) is 0.418. The summed E-state index contributed by atoms with van der Waals surface area (Å²) in [5.41, 5.74) is 0. The lowest BCUT2D eigenvalue weighted by Gasteiger charge is -1.97. The normalized spacial score (nSPS) is 12.0. The number of hydrogen-bond acceptors (Lipinski definition) is 0. The third kappa shape index (κ3) is 90.6. The first-order chi connectivity index (χ1) is 2.00. The molecule has 30 valence electrons. The molecule has 0 aromatic heterocycles. The van der Waals surface area contributed by atoms with Gasteiger partial charge in [0.05, 0.1) is 0 Å². The van der Waals surface area contributed by atoms with Gasteiger partial charge in [0, 0.05) is 0 Å².